The molecule has 0 aromatic heterocycles. The van der Waals surface area contributed by atoms with Crippen molar-refractivity contribution in [2.75, 3.05) is 37.7 Å². The molecule has 9 heteroatoms. The molecule has 0 radical (unpaired) electrons. The van der Waals surface area contributed by atoms with E-state index in [2.05, 4.69) is 0 Å². The number of nitro groups is 1. The van der Waals surface area contributed by atoms with Crippen molar-refractivity contribution in [1.29, 1.82) is 0 Å². The van der Waals surface area contributed by atoms with E-state index in [0.29, 0.717) is 38.5 Å². The minimum absolute atomic E-state index is 0.0788. The number of fused-ring (bicyclic) bond motifs is 1. The monoisotopic (exact) mass is 319 g/mol. The number of hydrogen-bond acceptors (Lipinski definition) is 5. The number of nitro benzene ring substituents is 1. The summed E-state index contributed by atoms with van der Waals surface area (Å²) in [5.41, 5.74) is 0.282. The van der Waals surface area contributed by atoms with Gasteiger partial charge in [-0.15, -0.1) is 0 Å². The van der Waals surface area contributed by atoms with Gasteiger partial charge in [0.25, 0.3) is 11.5 Å². The van der Waals surface area contributed by atoms with Crippen LogP contribution in [0.15, 0.2) is 18.2 Å². The Bertz CT molecular complexity index is 696. The molecule has 0 atom stereocenters. The maximum atomic E-state index is 12.2. The van der Waals surface area contributed by atoms with Crippen LogP contribution in [0.25, 0.3) is 0 Å². The molecule has 0 aliphatic carbocycles. The molecule has 2 aliphatic rings. The number of ketones is 1. The maximum absolute atomic E-state index is 12.2. The predicted molar refractivity (Wildman–Crippen MR) is 78.1 cm³/mol. The van der Waals surface area contributed by atoms with E-state index >= 15 is 0 Å². The summed E-state index contributed by atoms with van der Waals surface area (Å²) in [6.45, 7) is 2.87. The zero-order valence-electron chi connectivity index (χ0n) is 12.2. The van der Waals surface area contributed by atoms with Crippen LogP contribution in [0.4, 0.5) is 11.4 Å². The number of rotatable bonds is 4. The van der Waals surface area contributed by atoms with Crippen LogP contribution >= 0.6 is 0 Å². The number of benzene rings is 1. The highest BCUT2D eigenvalue weighted by Gasteiger charge is 2.39. The smallest absolute Gasteiger partial charge is 0.303 e. The topological polar surface area (TPSA) is 105 Å². The lowest BCUT2D eigenvalue weighted by Crippen LogP contribution is -3.16. The van der Waals surface area contributed by atoms with Crippen LogP contribution < -0.4 is 9.80 Å². The lowest BCUT2D eigenvalue weighted by atomic mass is 10.1. The molecule has 1 aromatic carbocycles. The molecule has 0 spiro atoms. The average molecular weight is 319 g/mol. The molecule has 1 N–H and O–H groups in total. The molecular formula is C14H15N4O5+. The van der Waals surface area contributed by atoms with Crippen LogP contribution in [0.2, 0.25) is 0 Å². The van der Waals surface area contributed by atoms with Crippen LogP contribution in [0.3, 0.4) is 0 Å². The highest BCUT2D eigenvalue weighted by molar-refractivity contribution is 6.52. The third-order valence-electron chi connectivity index (χ3n) is 4.20. The quantitative estimate of drug-likeness (QED) is 0.313. The normalized spacial score (nSPS) is 18.3. The van der Waals surface area contributed by atoms with E-state index in [0.717, 1.165) is 17.4 Å². The van der Waals surface area contributed by atoms with Gasteiger partial charge >= 0.3 is 5.91 Å². The standard InChI is InChI=1S/C14H14N4O5/c19-9-16-5-3-15(4-6-16)8-17-12-2-1-10(18(22)23)7-11(12)13(20)14(17)21/h1-2,7,9H,3-6,8H2/p+1. The number of carbonyl (C=O) groups excluding carboxylic acids is 3. The van der Waals surface area contributed by atoms with Gasteiger partial charge in [0.1, 0.15) is 0 Å². The van der Waals surface area contributed by atoms with Gasteiger partial charge in [0.05, 0.1) is 42.4 Å². The Morgan fingerprint density at radius 3 is 2.57 bits per heavy atom. The Hall–Kier alpha value is -2.81. The molecule has 2 aliphatic heterocycles. The summed E-state index contributed by atoms with van der Waals surface area (Å²) < 4.78 is 0. The maximum Gasteiger partial charge on any atom is 0.303 e. The summed E-state index contributed by atoms with van der Waals surface area (Å²) >= 11 is 0. The SMILES string of the molecule is O=CN1CC[NH+](CN2C(=O)C(=O)c3cc([N+](=O)[O-])ccc32)CC1. The van der Waals surface area contributed by atoms with Gasteiger partial charge in [-0.25, -0.2) is 0 Å². The van der Waals surface area contributed by atoms with Crippen molar-refractivity contribution in [3.63, 3.8) is 0 Å². The fraction of sp³-hybridized carbons (Fsp3) is 0.357. The number of Topliss-reactive ketones (excluding diaryl/α,β-unsaturated/α-hetero) is 1. The molecular weight excluding hydrogens is 304 g/mol. The molecule has 0 saturated carbocycles. The number of anilines is 1. The van der Waals surface area contributed by atoms with Gasteiger partial charge in [0, 0.05) is 12.1 Å². The van der Waals surface area contributed by atoms with Crippen LogP contribution in [0.5, 0.6) is 0 Å². The van der Waals surface area contributed by atoms with Crippen LogP contribution in [-0.2, 0) is 9.59 Å². The molecule has 120 valence electrons. The highest BCUT2D eigenvalue weighted by Crippen LogP contribution is 2.31. The summed E-state index contributed by atoms with van der Waals surface area (Å²) in [7, 11) is 0. The lowest BCUT2D eigenvalue weighted by molar-refractivity contribution is -0.902. The number of carbonyl (C=O) groups is 3. The van der Waals surface area contributed by atoms with Crippen LogP contribution in [-0.4, -0.2) is 60.8 Å². The summed E-state index contributed by atoms with van der Waals surface area (Å²) in [5, 5.41) is 10.8. The number of quaternary nitrogens is 1. The largest absolute Gasteiger partial charge is 0.334 e. The zero-order chi connectivity index (χ0) is 16.6. The number of hydrogen-bond donors (Lipinski definition) is 1. The Morgan fingerprint density at radius 2 is 1.96 bits per heavy atom. The van der Waals surface area contributed by atoms with Crippen molar-refractivity contribution in [2.45, 2.75) is 0 Å². The second-order valence-corrected chi connectivity index (χ2v) is 5.57. The summed E-state index contributed by atoms with van der Waals surface area (Å²) in [6.07, 6.45) is 0.801. The average Bonchev–Trinajstić information content (AvgIpc) is 2.80. The lowest BCUT2D eigenvalue weighted by Gasteiger charge is -2.32. The first-order chi connectivity index (χ1) is 11.0. The first-order valence-corrected chi connectivity index (χ1v) is 7.19. The third-order valence-corrected chi connectivity index (χ3v) is 4.20. The van der Waals surface area contributed by atoms with Gasteiger partial charge in [-0.3, -0.25) is 29.4 Å². The second kappa shape index (κ2) is 5.76. The van der Waals surface area contributed by atoms with E-state index in [1.54, 1.807) is 4.90 Å². The number of amides is 2. The van der Waals surface area contributed by atoms with Crippen molar-refractivity contribution in [3.8, 4) is 0 Å². The summed E-state index contributed by atoms with van der Waals surface area (Å²) in [6, 6.07) is 3.88. The fourth-order valence-electron chi connectivity index (χ4n) is 2.89. The molecule has 2 amide bonds. The van der Waals surface area contributed by atoms with Crippen molar-refractivity contribution in [2.24, 2.45) is 0 Å². The first kappa shape index (κ1) is 15.1. The molecule has 2 heterocycles. The van der Waals surface area contributed by atoms with E-state index in [-0.39, 0.29) is 11.3 Å². The Labute approximate surface area is 131 Å². The van der Waals surface area contributed by atoms with E-state index in [9.17, 15) is 24.5 Å². The molecule has 0 unspecified atom stereocenters. The molecule has 1 aromatic rings. The van der Waals surface area contributed by atoms with E-state index in [4.69, 9.17) is 0 Å². The first-order valence-electron chi connectivity index (χ1n) is 7.19. The number of piperazine rings is 1. The molecule has 1 saturated heterocycles. The summed E-state index contributed by atoms with van der Waals surface area (Å²) in [4.78, 5) is 49.2. The van der Waals surface area contributed by atoms with Gasteiger partial charge in [-0.2, -0.15) is 0 Å². The fourth-order valence-corrected chi connectivity index (χ4v) is 2.89. The van der Waals surface area contributed by atoms with E-state index < -0.39 is 16.6 Å². The summed E-state index contributed by atoms with van der Waals surface area (Å²) in [5.74, 6) is -1.37. The second-order valence-electron chi connectivity index (χ2n) is 5.57. The number of non-ortho nitro benzene ring substituents is 1. The zero-order valence-corrected chi connectivity index (χ0v) is 12.2. The molecule has 9 nitrogen and oxygen atoms in total. The Kier molecular flexibility index (Phi) is 3.78. The van der Waals surface area contributed by atoms with E-state index in [1.807, 2.05) is 0 Å². The molecule has 0 bridgehead atoms. The van der Waals surface area contributed by atoms with Crippen LogP contribution in [0, 0.1) is 10.1 Å². The van der Waals surface area contributed by atoms with Gasteiger partial charge < -0.3 is 9.80 Å². The Balaban J connectivity index is 1.80. The van der Waals surface area contributed by atoms with Crippen LogP contribution in [0.1, 0.15) is 10.4 Å². The minimum Gasteiger partial charge on any atom is -0.334 e. The van der Waals surface area contributed by atoms with Crippen molar-refractivity contribution < 1.29 is 24.2 Å². The number of nitrogens with zero attached hydrogens (tertiary/aromatic N) is 3. The molecule has 1 fully saturated rings. The van der Waals surface area contributed by atoms with E-state index in [1.165, 1.54) is 17.0 Å². The number of nitrogens with one attached hydrogen (secondary N) is 1. The van der Waals surface area contributed by atoms with Gasteiger partial charge in [0.15, 0.2) is 6.67 Å². The van der Waals surface area contributed by atoms with Crippen molar-refractivity contribution in [1.82, 2.24) is 4.90 Å². The predicted octanol–water partition coefficient (Wildman–Crippen LogP) is -1.56. The van der Waals surface area contributed by atoms with Crippen molar-refractivity contribution in [3.05, 3.63) is 33.9 Å². The third kappa shape index (κ3) is 2.66. The molecule has 3 rings (SSSR count). The van der Waals surface area contributed by atoms with Gasteiger partial charge in [-0.1, -0.05) is 0 Å². The Morgan fingerprint density at radius 1 is 1.26 bits per heavy atom. The van der Waals surface area contributed by atoms with Gasteiger partial charge in [-0.05, 0) is 6.07 Å². The molecule has 23 heavy (non-hydrogen) atoms. The van der Waals surface area contributed by atoms with Gasteiger partial charge in [0.2, 0.25) is 6.41 Å². The highest BCUT2D eigenvalue weighted by atomic mass is 16.6. The minimum atomic E-state index is -0.713. The van der Waals surface area contributed by atoms with Crippen molar-refractivity contribution >= 4 is 29.5 Å².